The Labute approximate surface area is 121 Å². The number of nitrogens with zero attached hydrogens (tertiary/aromatic N) is 5. The smallest absolute Gasteiger partial charge is 0.222 e. The Morgan fingerprint density at radius 2 is 2.48 bits per heavy atom. The van der Waals surface area contributed by atoms with Gasteiger partial charge in [-0.3, -0.25) is 4.79 Å². The van der Waals surface area contributed by atoms with Gasteiger partial charge in [-0.15, -0.1) is 0 Å². The number of carbonyl (C=O) groups is 1. The van der Waals surface area contributed by atoms with Gasteiger partial charge >= 0.3 is 0 Å². The molecule has 1 aliphatic rings. The maximum atomic E-state index is 11.9. The Hall–Kier alpha value is -2.53. The van der Waals surface area contributed by atoms with Crippen LogP contribution in [0, 0.1) is 5.92 Å². The SMILES string of the molecule is [N-]=[N+]=NCC1CC(=O)N(CCc2cnc3[nH]ccc3c2)C1. The Bertz CT molecular complexity index is 702. The van der Waals surface area contributed by atoms with Gasteiger partial charge in [-0.05, 0) is 35.6 Å². The molecule has 1 unspecified atom stereocenters. The summed E-state index contributed by atoms with van der Waals surface area (Å²) >= 11 is 0. The molecule has 2 aromatic rings. The first-order valence-electron chi connectivity index (χ1n) is 6.97. The van der Waals surface area contributed by atoms with Gasteiger partial charge in [-0.2, -0.15) is 0 Å². The minimum atomic E-state index is 0.142. The number of amides is 1. The van der Waals surface area contributed by atoms with Crippen LogP contribution in [0.1, 0.15) is 12.0 Å². The van der Waals surface area contributed by atoms with Gasteiger partial charge in [-0.25, -0.2) is 4.98 Å². The Morgan fingerprint density at radius 3 is 3.33 bits per heavy atom. The van der Waals surface area contributed by atoms with Crippen LogP contribution in [-0.4, -0.2) is 40.4 Å². The van der Waals surface area contributed by atoms with E-state index < -0.39 is 0 Å². The van der Waals surface area contributed by atoms with E-state index in [2.05, 4.69) is 26.1 Å². The van der Waals surface area contributed by atoms with E-state index in [0.717, 1.165) is 23.0 Å². The normalized spacial score (nSPS) is 18.2. The fourth-order valence-electron chi connectivity index (χ4n) is 2.73. The van der Waals surface area contributed by atoms with Crippen LogP contribution in [0.15, 0.2) is 29.6 Å². The number of H-pyrrole nitrogens is 1. The first-order chi connectivity index (χ1) is 10.3. The standard InChI is InChI=1S/C14H16N6O/c15-19-18-8-11-6-13(21)20(9-11)4-2-10-5-12-1-3-16-14(12)17-7-10/h1,3,5,7,11H,2,4,6,8-9H2,(H,16,17). The third kappa shape index (κ3) is 2.98. The van der Waals surface area contributed by atoms with Crippen molar-refractivity contribution in [1.29, 1.82) is 0 Å². The van der Waals surface area contributed by atoms with Crippen molar-refractivity contribution in [2.45, 2.75) is 12.8 Å². The Balaban J connectivity index is 1.59. The van der Waals surface area contributed by atoms with E-state index in [1.54, 1.807) is 0 Å². The average Bonchev–Trinajstić information content (AvgIpc) is 3.08. The molecule has 0 aliphatic carbocycles. The third-order valence-corrected chi connectivity index (χ3v) is 3.82. The fourth-order valence-corrected chi connectivity index (χ4v) is 2.73. The molecule has 1 fully saturated rings. The monoisotopic (exact) mass is 284 g/mol. The quantitative estimate of drug-likeness (QED) is 0.517. The molecule has 0 radical (unpaired) electrons. The molecule has 7 nitrogen and oxygen atoms in total. The molecular weight excluding hydrogens is 268 g/mol. The summed E-state index contributed by atoms with van der Waals surface area (Å²) in [6, 6.07) is 4.08. The number of azide groups is 1. The van der Waals surface area contributed by atoms with Crippen LogP contribution >= 0.6 is 0 Å². The van der Waals surface area contributed by atoms with Crippen LogP contribution in [0.3, 0.4) is 0 Å². The molecule has 0 bridgehead atoms. The van der Waals surface area contributed by atoms with E-state index in [9.17, 15) is 4.79 Å². The number of hydrogen-bond donors (Lipinski definition) is 1. The third-order valence-electron chi connectivity index (χ3n) is 3.82. The number of likely N-dealkylation sites (tertiary alicyclic amines) is 1. The fraction of sp³-hybridized carbons (Fsp3) is 0.429. The lowest BCUT2D eigenvalue weighted by atomic mass is 10.1. The van der Waals surface area contributed by atoms with Crippen LogP contribution < -0.4 is 0 Å². The van der Waals surface area contributed by atoms with Crippen molar-refractivity contribution in [3.8, 4) is 0 Å². The number of hydrogen-bond acceptors (Lipinski definition) is 3. The second-order valence-corrected chi connectivity index (χ2v) is 5.33. The zero-order valence-electron chi connectivity index (χ0n) is 11.6. The van der Waals surface area contributed by atoms with Crippen molar-refractivity contribution in [1.82, 2.24) is 14.9 Å². The average molecular weight is 284 g/mol. The van der Waals surface area contributed by atoms with Crippen molar-refractivity contribution in [2.75, 3.05) is 19.6 Å². The van der Waals surface area contributed by atoms with Crippen LogP contribution in [0.25, 0.3) is 21.5 Å². The first kappa shape index (κ1) is 13.5. The van der Waals surface area contributed by atoms with Gasteiger partial charge in [0.2, 0.25) is 5.91 Å². The number of pyridine rings is 1. The van der Waals surface area contributed by atoms with E-state index in [4.69, 9.17) is 5.53 Å². The molecule has 0 saturated carbocycles. The summed E-state index contributed by atoms with van der Waals surface area (Å²) in [6.07, 6.45) is 4.98. The van der Waals surface area contributed by atoms with E-state index in [-0.39, 0.29) is 11.8 Å². The van der Waals surface area contributed by atoms with Gasteiger partial charge in [0.25, 0.3) is 0 Å². The predicted molar refractivity (Wildman–Crippen MR) is 78.5 cm³/mol. The van der Waals surface area contributed by atoms with E-state index in [0.29, 0.717) is 26.1 Å². The lowest BCUT2D eigenvalue weighted by Gasteiger charge is -2.16. The molecule has 1 atom stereocenters. The summed E-state index contributed by atoms with van der Waals surface area (Å²) in [6.45, 7) is 1.76. The van der Waals surface area contributed by atoms with Crippen LogP contribution in [0.2, 0.25) is 0 Å². The van der Waals surface area contributed by atoms with E-state index in [1.807, 2.05) is 23.4 Å². The first-order valence-corrected chi connectivity index (χ1v) is 6.97. The maximum Gasteiger partial charge on any atom is 0.222 e. The summed E-state index contributed by atoms with van der Waals surface area (Å²) in [5, 5.41) is 4.64. The van der Waals surface area contributed by atoms with Crippen LogP contribution in [0.4, 0.5) is 0 Å². The summed E-state index contributed by atoms with van der Waals surface area (Å²) in [7, 11) is 0. The highest BCUT2D eigenvalue weighted by Gasteiger charge is 2.28. The number of nitrogens with one attached hydrogen (secondary N) is 1. The number of aromatic amines is 1. The molecule has 1 aliphatic heterocycles. The molecule has 2 aromatic heterocycles. The van der Waals surface area contributed by atoms with Gasteiger partial charge in [0.05, 0.1) is 0 Å². The molecule has 108 valence electrons. The van der Waals surface area contributed by atoms with Crippen LogP contribution in [-0.2, 0) is 11.2 Å². The summed E-state index contributed by atoms with van der Waals surface area (Å²) in [5.74, 6) is 0.294. The molecule has 3 rings (SSSR count). The lowest BCUT2D eigenvalue weighted by molar-refractivity contribution is -0.127. The number of aromatic nitrogens is 2. The number of fused-ring (bicyclic) bond motifs is 1. The highest BCUT2D eigenvalue weighted by atomic mass is 16.2. The Kier molecular flexibility index (Phi) is 3.75. The molecule has 0 aromatic carbocycles. The van der Waals surface area contributed by atoms with Crippen molar-refractivity contribution < 1.29 is 4.79 Å². The summed E-state index contributed by atoms with van der Waals surface area (Å²) < 4.78 is 0. The molecule has 0 spiro atoms. The van der Waals surface area contributed by atoms with Crippen molar-refractivity contribution >= 4 is 16.9 Å². The zero-order chi connectivity index (χ0) is 14.7. The molecule has 21 heavy (non-hydrogen) atoms. The molecular formula is C14H16N6O. The number of carbonyl (C=O) groups excluding carboxylic acids is 1. The molecule has 1 saturated heterocycles. The minimum Gasteiger partial charge on any atom is -0.346 e. The Morgan fingerprint density at radius 1 is 1.57 bits per heavy atom. The highest BCUT2D eigenvalue weighted by molar-refractivity contribution is 5.79. The second-order valence-electron chi connectivity index (χ2n) is 5.33. The molecule has 3 heterocycles. The van der Waals surface area contributed by atoms with Crippen LogP contribution in [0.5, 0.6) is 0 Å². The zero-order valence-corrected chi connectivity index (χ0v) is 11.6. The minimum absolute atomic E-state index is 0.142. The highest BCUT2D eigenvalue weighted by Crippen LogP contribution is 2.19. The van der Waals surface area contributed by atoms with Crippen molar-refractivity contribution in [3.63, 3.8) is 0 Å². The number of rotatable bonds is 5. The molecule has 1 amide bonds. The summed E-state index contributed by atoms with van der Waals surface area (Å²) in [4.78, 5) is 23.9. The largest absolute Gasteiger partial charge is 0.346 e. The molecule has 7 heteroatoms. The topological polar surface area (TPSA) is 97.8 Å². The predicted octanol–water partition coefficient (Wildman–Crippen LogP) is 2.26. The van der Waals surface area contributed by atoms with Gasteiger partial charge < -0.3 is 9.88 Å². The summed E-state index contributed by atoms with van der Waals surface area (Å²) in [5.41, 5.74) is 10.3. The van der Waals surface area contributed by atoms with E-state index in [1.165, 1.54) is 0 Å². The van der Waals surface area contributed by atoms with Gasteiger partial charge in [0.15, 0.2) is 0 Å². The lowest BCUT2D eigenvalue weighted by Crippen LogP contribution is -2.27. The van der Waals surface area contributed by atoms with E-state index >= 15 is 0 Å². The van der Waals surface area contributed by atoms with Crippen molar-refractivity contribution in [2.24, 2.45) is 11.0 Å². The maximum absolute atomic E-state index is 11.9. The van der Waals surface area contributed by atoms with Gasteiger partial charge in [0, 0.05) is 48.7 Å². The second kappa shape index (κ2) is 5.85. The van der Waals surface area contributed by atoms with Crippen molar-refractivity contribution in [3.05, 3.63) is 40.5 Å². The van der Waals surface area contributed by atoms with Gasteiger partial charge in [0.1, 0.15) is 5.65 Å². The van der Waals surface area contributed by atoms with Gasteiger partial charge in [-0.1, -0.05) is 5.11 Å². The molecule has 1 N–H and O–H groups in total.